The van der Waals surface area contributed by atoms with E-state index in [2.05, 4.69) is 22.9 Å². The normalized spacial score (nSPS) is 19.9. The van der Waals surface area contributed by atoms with Gasteiger partial charge in [0.15, 0.2) is 0 Å². The summed E-state index contributed by atoms with van der Waals surface area (Å²) in [4.78, 5) is 20.8. The number of rotatable bonds is 5. The molecule has 1 aromatic heterocycles. The number of ether oxygens (including phenoxy) is 2. The molecule has 0 saturated carbocycles. The number of aryl methyl sites for hydroxylation is 1. The number of likely N-dealkylation sites (tertiary alicyclic amines) is 2. The Bertz CT molecular complexity index is 621. The standard InChI is InChI=1S/C21H33N3O3/c1-4-26-20-19(14-16(3)15-22-20)17-6-10-23(11-7-17)18-8-12-24(13-9-18)21(25)27-5-2/h14-15,17-18H,4-13H2,1-3H3. The zero-order chi connectivity index (χ0) is 19.2. The Morgan fingerprint density at radius 2 is 1.81 bits per heavy atom. The van der Waals surface area contributed by atoms with Crippen LogP contribution in [-0.2, 0) is 4.74 Å². The van der Waals surface area contributed by atoms with E-state index in [1.165, 1.54) is 11.1 Å². The van der Waals surface area contributed by atoms with Crippen molar-refractivity contribution in [2.75, 3.05) is 39.4 Å². The summed E-state index contributed by atoms with van der Waals surface area (Å²) < 4.78 is 10.9. The highest BCUT2D eigenvalue weighted by Gasteiger charge is 2.31. The minimum absolute atomic E-state index is 0.162. The molecule has 0 spiro atoms. The fourth-order valence-electron chi connectivity index (χ4n) is 4.33. The number of hydrogen-bond donors (Lipinski definition) is 0. The van der Waals surface area contributed by atoms with E-state index in [0.29, 0.717) is 25.2 Å². The Labute approximate surface area is 162 Å². The van der Waals surface area contributed by atoms with Crippen LogP contribution in [0, 0.1) is 6.92 Å². The summed E-state index contributed by atoms with van der Waals surface area (Å²) >= 11 is 0. The van der Waals surface area contributed by atoms with Gasteiger partial charge in [0.2, 0.25) is 5.88 Å². The highest BCUT2D eigenvalue weighted by Crippen LogP contribution is 2.35. The summed E-state index contributed by atoms with van der Waals surface area (Å²) in [6.45, 7) is 10.9. The van der Waals surface area contributed by atoms with Crippen LogP contribution in [0.2, 0.25) is 0 Å². The maximum atomic E-state index is 11.9. The number of aromatic nitrogens is 1. The number of nitrogens with zero attached hydrogens (tertiary/aromatic N) is 3. The van der Waals surface area contributed by atoms with Crippen LogP contribution in [0.25, 0.3) is 0 Å². The van der Waals surface area contributed by atoms with Crippen molar-refractivity contribution in [2.24, 2.45) is 0 Å². The van der Waals surface area contributed by atoms with E-state index in [4.69, 9.17) is 9.47 Å². The van der Waals surface area contributed by atoms with E-state index in [-0.39, 0.29) is 6.09 Å². The molecule has 0 bridgehead atoms. The predicted molar refractivity (Wildman–Crippen MR) is 105 cm³/mol. The number of amides is 1. The first-order valence-corrected chi connectivity index (χ1v) is 10.4. The van der Waals surface area contributed by atoms with Gasteiger partial charge in [-0.05, 0) is 77.1 Å². The minimum atomic E-state index is -0.162. The highest BCUT2D eigenvalue weighted by molar-refractivity contribution is 5.67. The number of hydrogen-bond acceptors (Lipinski definition) is 5. The van der Waals surface area contributed by atoms with Crippen molar-refractivity contribution in [3.63, 3.8) is 0 Å². The third-order valence-corrected chi connectivity index (χ3v) is 5.77. The zero-order valence-corrected chi connectivity index (χ0v) is 16.9. The molecule has 0 unspecified atom stereocenters. The second-order valence-electron chi connectivity index (χ2n) is 7.57. The molecule has 0 atom stereocenters. The van der Waals surface area contributed by atoms with Crippen LogP contribution in [0.3, 0.4) is 0 Å². The molecule has 3 rings (SSSR count). The second-order valence-corrected chi connectivity index (χ2v) is 7.57. The molecule has 2 fully saturated rings. The molecule has 0 radical (unpaired) electrons. The minimum Gasteiger partial charge on any atom is -0.478 e. The Kier molecular flexibility index (Phi) is 6.94. The molecule has 150 valence electrons. The van der Waals surface area contributed by atoms with Crippen LogP contribution >= 0.6 is 0 Å². The van der Waals surface area contributed by atoms with E-state index in [9.17, 15) is 4.79 Å². The van der Waals surface area contributed by atoms with Crippen LogP contribution in [-0.4, -0.2) is 66.3 Å². The van der Waals surface area contributed by atoms with Crippen molar-refractivity contribution in [3.05, 3.63) is 23.4 Å². The summed E-state index contributed by atoms with van der Waals surface area (Å²) in [5.74, 6) is 1.33. The molecular formula is C21H33N3O3. The quantitative estimate of drug-likeness (QED) is 0.787. The molecular weight excluding hydrogens is 342 g/mol. The number of carbonyl (C=O) groups excluding carboxylic acids is 1. The number of pyridine rings is 1. The van der Waals surface area contributed by atoms with Gasteiger partial charge in [-0.25, -0.2) is 9.78 Å². The third kappa shape index (κ3) is 4.92. The van der Waals surface area contributed by atoms with Crippen molar-refractivity contribution in [3.8, 4) is 5.88 Å². The molecule has 1 aromatic rings. The lowest BCUT2D eigenvalue weighted by Crippen LogP contribution is -2.49. The molecule has 0 aromatic carbocycles. The summed E-state index contributed by atoms with van der Waals surface area (Å²) in [6.07, 6.45) is 6.09. The SMILES string of the molecule is CCOC(=O)N1CCC(N2CCC(c3cc(C)cnc3OCC)CC2)CC1. The van der Waals surface area contributed by atoms with Gasteiger partial charge in [-0.1, -0.05) is 0 Å². The first-order chi connectivity index (χ1) is 13.1. The average Bonchev–Trinajstić information content (AvgIpc) is 2.70. The lowest BCUT2D eigenvalue weighted by atomic mass is 9.88. The molecule has 2 aliphatic heterocycles. The summed E-state index contributed by atoms with van der Waals surface area (Å²) in [6, 6.07) is 2.83. The maximum absolute atomic E-state index is 11.9. The molecule has 2 saturated heterocycles. The van der Waals surface area contributed by atoms with E-state index >= 15 is 0 Å². The van der Waals surface area contributed by atoms with Crippen molar-refractivity contribution in [1.29, 1.82) is 0 Å². The smallest absolute Gasteiger partial charge is 0.409 e. The van der Waals surface area contributed by atoms with Gasteiger partial charge in [0.1, 0.15) is 0 Å². The predicted octanol–water partition coefficient (Wildman–Crippen LogP) is 3.59. The van der Waals surface area contributed by atoms with Crippen LogP contribution < -0.4 is 4.74 Å². The Morgan fingerprint density at radius 1 is 1.11 bits per heavy atom. The molecule has 3 heterocycles. The molecule has 27 heavy (non-hydrogen) atoms. The Balaban J connectivity index is 1.53. The Hall–Kier alpha value is -1.82. The molecule has 0 N–H and O–H groups in total. The largest absolute Gasteiger partial charge is 0.478 e. The van der Waals surface area contributed by atoms with Crippen molar-refractivity contribution < 1.29 is 14.3 Å². The van der Waals surface area contributed by atoms with Gasteiger partial charge in [-0.15, -0.1) is 0 Å². The van der Waals surface area contributed by atoms with Gasteiger partial charge >= 0.3 is 6.09 Å². The maximum Gasteiger partial charge on any atom is 0.409 e. The zero-order valence-electron chi connectivity index (χ0n) is 16.9. The lowest BCUT2D eigenvalue weighted by molar-refractivity contribution is 0.0661. The van der Waals surface area contributed by atoms with E-state index in [0.717, 1.165) is 57.7 Å². The highest BCUT2D eigenvalue weighted by atomic mass is 16.6. The lowest BCUT2D eigenvalue weighted by Gasteiger charge is -2.41. The van der Waals surface area contributed by atoms with Gasteiger partial charge in [-0.2, -0.15) is 0 Å². The van der Waals surface area contributed by atoms with Crippen LogP contribution in [0.5, 0.6) is 5.88 Å². The molecule has 6 heteroatoms. The summed E-state index contributed by atoms with van der Waals surface area (Å²) in [7, 11) is 0. The van der Waals surface area contributed by atoms with E-state index in [1.54, 1.807) is 0 Å². The molecule has 0 aliphatic carbocycles. The van der Waals surface area contributed by atoms with Gasteiger partial charge in [0.05, 0.1) is 13.2 Å². The van der Waals surface area contributed by atoms with Gasteiger partial charge < -0.3 is 19.3 Å². The molecule has 6 nitrogen and oxygen atoms in total. The number of piperidine rings is 2. The fraction of sp³-hybridized carbons (Fsp3) is 0.714. The first-order valence-electron chi connectivity index (χ1n) is 10.4. The first kappa shape index (κ1) is 19.9. The van der Waals surface area contributed by atoms with Crippen molar-refractivity contribution in [2.45, 2.75) is 58.4 Å². The summed E-state index contributed by atoms with van der Waals surface area (Å²) in [5.41, 5.74) is 2.47. The molecule has 2 aliphatic rings. The van der Waals surface area contributed by atoms with E-state index in [1.807, 2.05) is 24.9 Å². The van der Waals surface area contributed by atoms with Gasteiger partial charge in [0.25, 0.3) is 0 Å². The third-order valence-electron chi connectivity index (χ3n) is 5.77. The number of carbonyl (C=O) groups is 1. The topological polar surface area (TPSA) is 54.9 Å². The van der Waals surface area contributed by atoms with Crippen LogP contribution in [0.15, 0.2) is 12.3 Å². The van der Waals surface area contributed by atoms with Gasteiger partial charge in [0, 0.05) is 30.9 Å². The monoisotopic (exact) mass is 375 g/mol. The van der Waals surface area contributed by atoms with Crippen LogP contribution in [0.1, 0.15) is 56.6 Å². The van der Waals surface area contributed by atoms with E-state index < -0.39 is 0 Å². The fourth-order valence-corrected chi connectivity index (χ4v) is 4.33. The van der Waals surface area contributed by atoms with Gasteiger partial charge in [-0.3, -0.25) is 0 Å². The van der Waals surface area contributed by atoms with Crippen molar-refractivity contribution >= 4 is 6.09 Å². The average molecular weight is 376 g/mol. The van der Waals surface area contributed by atoms with Crippen molar-refractivity contribution in [1.82, 2.24) is 14.8 Å². The molecule has 1 amide bonds. The second kappa shape index (κ2) is 9.40. The Morgan fingerprint density at radius 3 is 2.44 bits per heavy atom. The summed E-state index contributed by atoms with van der Waals surface area (Å²) in [5, 5.41) is 0. The van der Waals surface area contributed by atoms with Crippen LogP contribution in [0.4, 0.5) is 4.79 Å².